The van der Waals surface area contributed by atoms with Crippen molar-refractivity contribution in [3.05, 3.63) is 36.2 Å². The zero-order chi connectivity index (χ0) is 8.10. The van der Waals surface area contributed by atoms with Crippen LogP contribution in [-0.4, -0.2) is 5.21 Å². The average Bonchev–Trinajstić information content (AvgIpc) is 2.01. The Bertz CT molecular complexity index is 255. The lowest BCUT2D eigenvalue weighted by atomic mass is 10.2. The highest BCUT2D eigenvalue weighted by molar-refractivity contribution is 5.46. The third-order valence-corrected chi connectivity index (χ3v) is 1.35. The number of pyridine rings is 1. The lowest BCUT2D eigenvalue weighted by molar-refractivity contribution is -0.904. The Kier molecular flexibility index (Phi) is 2.66. The topological polar surface area (TPSA) is 24.1 Å². The number of rotatable bonds is 2. The van der Waals surface area contributed by atoms with E-state index in [4.69, 9.17) is 5.21 Å². The van der Waals surface area contributed by atoms with Crippen molar-refractivity contribution in [1.82, 2.24) is 0 Å². The summed E-state index contributed by atoms with van der Waals surface area (Å²) in [7, 11) is 0. The molecule has 0 radical (unpaired) electrons. The monoisotopic (exact) mass is 150 g/mol. The molecule has 0 unspecified atom stereocenters. The fourth-order valence-corrected chi connectivity index (χ4v) is 0.834. The quantitative estimate of drug-likeness (QED) is 0.503. The van der Waals surface area contributed by atoms with Crippen LogP contribution in [0.1, 0.15) is 18.9 Å². The van der Waals surface area contributed by atoms with Gasteiger partial charge in [0.25, 0.3) is 0 Å². The largest absolute Gasteiger partial charge is 0.285 e. The Morgan fingerprint density at radius 3 is 3.09 bits per heavy atom. The van der Waals surface area contributed by atoms with Gasteiger partial charge in [0.05, 0.1) is 0 Å². The van der Waals surface area contributed by atoms with Crippen LogP contribution in [-0.2, 0) is 0 Å². The Morgan fingerprint density at radius 1 is 1.64 bits per heavy atom. The highest BCUT2D eigenvalue weighted by Gasteiger charge is 1.94. The van der Waals surface area contributed by atoms with Crippen LogP contribution in [0.15, 0.2) is 30.6 Å². The van der Waals surface area contributed by atoms with Gasteiger partial charge in [0, 0.05) is 16.4 Å². The molecule has 0 saturated carbocycles. The lowest BCUT2D eigenvalue weighted by Gasteiger charge is -1.86. The first-order valence-corrected chi connectivity index (χ1v) is 3.70. The molecule has 0 bridgehead atoms. The third kappa shape index (κ3) is 2.42. The number of hydrogen-bond donors (Lipinski definition) is 1. The average molecular weight is 150 g/mol. The van der Waals surface area contributed by atoms with E-state index in [1.54, 1.807) is 18.5 Å². The molecule has 0 aliphatic rings. The van der Waals surface area contributed by atoms with Gasteiger partial charge in [-0.2, -0.15) is 0 Å². The van der Waals surface area contributed by atoms with E-state index in [1.165, 1.54) is 0 Å². The molecule has 1 aromatic heterocycles. The fourth-order valence-electron chi connectivity index (χ4n) is 0.834. The number of nitrogens with zero attached hydrogens (tertiary/aromatic N) is 1. The Labute approximate surface area is 66.4 Å². The van der Waals surface area contributed by atoms with Crippen LogP contribution in [0, 0.1) is 0 Å². The van der Waals surface area contributed by atoms with Crippen molar-refractivity contribution in [2.75, 3.05) is 0 Å². The summed E-state index contributed by atoms with van der Waals surface area (Å²) in [4.78, 5) is 0. The fraction of sp³-hybridized carbons (Fsp3) is 0.222. The Hall–Kier alpha value is -1.31. The van der Waals surface area contributed by atoms with Crippen LogP contribution in [0.2, 0.25) is 0 Å². The maximum Gasteiger partial charge on any atom is 0.229 e. The minimum atomic E-state index is 1.01. The molecule has 1 N–H and O–H groups in total. The van der Waals surface area contributed by atoms with Crippen molar-refractivity contribution in [2.24, 2.45) is 0 Å². The van der Waals surface area contributed by atoms with E-state index in [1.807, 2.05) is 12.1 Å². The van der Waals surface area contributed by atoms with E-state index in [-0.39, 0.29) is 0 Å². The van der Waals surface area contributed by atoms with Crippen LogP contribution >= 0.6 is 0 Å². The van der Waals surface area contributed by atoms with E-state index < -0.39 is 0 Å². The predicted octanol–water partition coefficient (Wildman–Crippen LogP) is 1.63. The van der Waals surface area contributed by atoms with Crippen LogP contribution < -0.4 is 4.73 Å². The summed E-state index contributed by atoms with van der Waals surface area (Å²) in [6, 6.07) is 3.74. The molecular formula is C9H12NO+. The third-order valence-electron chi connectivity index (χ3n) is 1.35. The van der Waals surface area contributed by atoms with Crippen molar-refractivity contribution in [3.8, 4) is 0 Å². The molecule has 0 aliphatic carbocycles. The molecule has 11 heavy (non-hydrogen) atoms. The number of hydrogen-bond acceptors (Lipinski definition) is 1. The molecule has 0 atom stereocenters. The van der Waals surface area contributed by atoms with Gasteiger partial charge in [0.15, 0.2) is 0 Å². The molecule has 58 valence electrons. The van der Waals surface area contributed by atoms with Gasteiger partial charge >= 0.3 is 0 Å². The molecule has 0 spiro atoms. The van der Waals surface area contributed by atoms with Crippen molar-refractivity contribution in [3.63, 3.8) is 0 Å². The van der Waals surface area contributed by atoms with Crippen molar-refractivity contribution < 1.29 is 9.94 Å². The Balaban J connectivity index is 2.79. The van der Waals surface area contributed by atoms with Gasteiger partial charge in [-0.3, -0.25) is 5.21 Å². The minimum absolute atomic E-state index is 1.01. The van der Waals surface area contributed by atoms with Crippen molar-refractivity contribution >= 4 is 6.08 Å². The van der Waals surface area contributed by atoms with E-state index >= 15 is 0 Å². The summed E-state index contributed by atoms with van der Waals surface area (Å²) >= 11 is 0. The zero-order valence-corrected chi connectivity index (χ0v) is 6.57. The molecule has 0 aliphatic heterocycles. The second-order valence-corrected chi connectivity index (χ2v) is 2.33. The second kappa shape index (κ2) is 3.76. The first-order valence-electron chi connectivity index (χ1n) is 3.70. The first kappa shape index (κ1) is 7.79. The highest BCUT2D eigenvalue weighted by atomic mass is 16.5. The van der Waals surface area contributed by atoms with Gasteiger partial charge in [-0.05, 0) is 12.5 Å². The summed E-state index contributed by atoms with van der Waals surface area (Å²) in [5.74, 6) is 0. The summed E-state index contributed by atoms with van der Waals surface area (Å²) in [5, 5.41) is 9.00. The van der Waals surface area contributed by atoms with Crippen molar-refractivity contribution in [2.45, 2.75) is 13.3 Å². The molecule has 0 aromatic carbocycles. The van der Waals surface area contributed by atoms with E-state index in [0.717, 1.165) is 16.7 Å². The zero-order valence-electron chi connectivity index (χ0n) is 6.57. The molecule has 2 nitrogen and oxygen atoms in total. The van der Waals surface area contributed by atoms with E-state index in [2.05, 4.69) is 13.0 Å². The van der Waals surface area contributed by atoms with Crippen LogP contribution in [0.5, 0.6) is 0 Å². The summed E-state index contributed by atoms with van der Waals surface area (Å²) < 4.78 is 1.05. The summed E-state index contributed by atoms with van der Waals surface area (Å²) in [6.45, 7) is 2.08. The van der Waals surface area contributed by atoms with Crippen LogP contribution in [0.4, 0.5) is 0 Å². The van der Waals surface area contributed by atoms with Gasteiger partial charge in [-0.25, -0.2) is 0 Å². The molecule has 0 amide bonds. The van der Waals surface area contributed by atoms with E-state index in [9.17, 15) is 0 Å². The van der Waals surface area contributed by atoms with Crippen molar-refractivity contribution in [1.29, 1.82) is 0 Å². The van der Waals surface area contributed by atoms with Gasteiger partial charge in [0.2, 0.25) is 12.4 Å². The smallest absolute Gasteiger partial charge is 0.229 e. The molecule has 0 saturated heterocycles. The summed E-state index contributed by atoms with van der Waals surface area (Å²) in [5.41, 5.74) is 1.01. The molecular weight excluding hydrogens is 138 g/mol. The van der Waals surface area contributed by atoms with Crippen LogP contribution in [0.25, 0.3) is 6.08 Å². The van der Waals surface area contributed by atoms with Gasteiger partial charge in [-0.15, -0.1) is 0 Å². The molecule has 1 rings (SSSR count). The van der Waals surface area contributed by atoms with Gasteiger partial charge in [0.1, 0.15) is 0 Å². The molecule has 2 heteroatoms. The summed E-state index contributed by atoms with van der Waals surface area (Å²) in [6.07, 6.45) is 8.29. The molecule has 1 heterocycles. The number of allylic oxidation sites excluding steroid dienone is 1. The second-order valence-electron chi connectivity index (χ2n) is 2.33. The van der Waals surface area contributed by atoms with Crippen LogP contribution in [0.3, 0.4) is 0 Å². The highest BCUT2D eigenvalue weighted by Crippen LogP contribution is 1.97. The first-order chi connectivity index (χ1) is 5.33. The maximum atomic E-state index is 9.00. The maximum absolute atomic E-state index is 9.00. The molecule has 0 fully saturated rings. The Morgan fingerprint density at radius 2 is 2.45 bits per heavy atom. The van der Waals surface area contributed by atoms with Gasteiger partial charge in [-0.1, -0.05) is 19.1 Å². The SMILES string of the molecule is CC/C=C/c1ccc[n+](O)c1. The minimum Gasteiger partial charge on any atom is -0.285 e. The predicted molar refractivity (Wildman–Crippen MR) is 43.1 cm³/mol. The standard InChI is InChI=1S/C9H12NO/c1-2-3-5-9-6-4-7-10(11)8-9/h3-8,11H,2H2,1H3/q+1/b5-3+. The molecule has 1 aromatic rings. The lowest BCUT2D eigenvalue weighted by Crippen LogP contribution is -2.28. The van der Waals surface area contributed by atoms with E-state index in [0.29, 0.717) is 0 Å². The number of aromatic nitrogens is 1. The normalized spacial score (nSPS) is 10.6. The van der Waals surface area contributed by atoms with Gasteiger partial charge < -0.3 is 0 Å².